The van der Waals surface area contributed by atoms with Crippen LogP contribution in [0.3, 0.4) is 0 Å². The van der Waals surface area contributed by atoms with Crippen molar-refractivity contribution < 1.29 is 4.79 Å². The fourth-order valence-corrected chi connectivity index (χ4v) is 1.78. The highest BCUT2D eigenvalue weighted by Crippen LogP contribution is 2.28. The van der Waals surface area contributed by atoms with Crippen molar-refractivity contribution in [2.45, 2.75) is 19.4 Å². The summed E-state index contributed by atoms with van der Waals surface area (Å²) in [6.07, 6.45) is 6.05. The number of carbonyl (C=O) groups is 1. The molecule has 0 N–H and O–H groups in total. The second-order valence-electron chi connectivity index (χ2n) is 3.81. The molecule has 4 heteroatoms. The molecule has 0 aliphatic heterocycles. The van der Waals surface area contributed by atoms with E-state index in [1.54, 1.807) is 32.0 Å². The quantitative estimate of drug-likeness (QED) is 0.599. The molecule has 1 rings (SSSR count). The van der Waals surface area contributed by atoms with E-state index in [0.717, 1.165) is 0 Å². The number of terminal acetylenes is 1. The standard InChI is InChI=1S/C12H11Cl2NO/c1-4-12(2,3)15(8-16)11-6-9(13)5-10(14)7-11/h1,5-8H,2-3H3. The number of anilines is 1. The van der Waals surface area contributed by atoms with Gasteiger partial charge in [-0.1, -0.05) is 29.1 Å². The van der Waals surface area contributed by atoms with E-state index in [1.165, 1.54) is 4.90 Å². The first-order valence-corrected chi connectivity index (χ1v) is 5.35. The smallest absolute Gasteiger partial charge is 0.215 e. The van der Waals surface area contributed by atoms with Gasteiger partial charge in [-0.3, -0.25) is 9.69 Å². The molecule has 0 saturated carbocycles. The van der Waals surface area contributed by atoms with E-state index >= 15 is 0 Å². The van der Waals surface area contributed by atoms with Gasteiger partial charge >= 0.3 is 0 Å². The number of hydrogen-bond donors (Lipinski definition) is 0. The minimum atomic E-state index is -0.726. The molecule has 0 unspecified atom stereocenters. The summed E-state index contributed by atoms with van der Waals surface area (Å²) in [6, 6.07) is 4.88. The van der Waals surface area contributed by atoms with Crippen molar-refractivity contribution in [2.75, 3.05) is 4.90 Å². The van der Waals surface area contributed by atoms with E-state index < -0.39 is 5.54 Å². The second-order valence-corrected chi connectivity index (χ2v) is 4.68. The van der Waals surface area contributed by atoms with Crippen LogP contribution in [0.15, 0.2) is 18.2 Å². The fourth-order valence-electron chi connectivity index (χ4n) is 1.26. The van der Waals surface area contributed by atoms with Crippen molar-refractivity contribution in [3.63, 3.8) is 0 Å². The molecule has 84 valence electrons. The Kier molecular flexibility index (Phi) is 3.85. The number of amides is 1. The van der Waals surface area contributed by atoms with E-state index in [4.69, 9.17) is 29.6 Å². The number of rotatable bonds is 3. The minimum absolute atomic E-state index is 0.460. The Labute approximate surface area is 105 Å². The Bertz CT molecular complexity index is 429. The van der Waals surface area contributed by atoms with E-state index in [-0.39, 0.29) is 0 Å². The Hall–Kier alpha value is -1.17. The van der Waals surface area contributed by atoms with Gasteiger partial charge in [-0.2, -0.15) is 0 Å². The van der Waals surface area contributed by atoms with E-state index in [2.05, 4.69) is 5.92 Å². The first-order valence-electron chi connectivity index (χ1n) is 4.59. The molecule has 0 aliphatic rings. The van der Waals surface area contributed by atoms with E-state index in [0.29, 0.717) is 22.1 Å². The average Bonchev–Trinajstić information content (AvgIpc) is 2.16. The number of benzene rings is 1. The van der Waals surface area contributed by atoms with E-state index in [1.807, 2.05) is 0 Å². The van der Waals surface area contributed by atoms with Crippen molar-refractivity contribution in [1.82, 2.24) is 0 Å². The van der Waals surface area contributed by atoms with Crippen LogP contribution in [0.4, 0.5) is 5.69 Å². The predicted molar refractivity (Wildman–Crippen MR) is 67.9 cm³/mol. The summed E-state index contributed by atoms with van der Waals surface area (Å²) in [5.41, 5.74) is -0.147. The van der Waals surface area contributed by atoms with Crippen molar-refractivity contribution >= 4 is 35.3 Å². The molecule has 16 heavy (non-hydrogen) atoms. The average molecular weight is 256 g/mol. The van der Waals surface area contributed by atoms with Gasteiger partial charge in [-0.25, -0.2) is 0 Å². The summed E-state index contributed by atoms with van der Waals surface area (Å²) in [6.45, 7) is 3.52. The van der Waals surface area contributed by atoms with Gasteiger partial charge in [0.2, 0.25) is 6.41 Å². The zero-order chi connectivity index (χ0) is 12.3. The Morgan fingerprint density at radius 3 is 2.19 bits per heavy atom. The van der Waals surface area contributed by atoms with Gasteiger partial charge in [0.25, 0.3) is 0 Å². The van der Waals surface area contributed by atoms with Crippen molar-refractivity contribution in [3.05, 3.63) is 28.2 Å². The predicted octanol–water partition coefficient (Wildman–Crippen LogP) is 3.37. The lowest BCUT2D eigenvalue weighted by Crippen LogP contribution is -2.41. The molecule has 1 aromatic carbocycles. The molecule has 0 saturated heterocycles. The highest BCUT2D eigenvalue weighted by Gasteiger charge is 2.24. The normalized spacial score (nSPS) is 10.7. The molecule has 0 fully saturated rings. The largest absolute Gasteiger partial charge is 0.298 e. The Morgan fingerprint density at radius 2 is 1.81 bits per heavy atom. The lowest BCUT2D eigenvalue weighted by molar-refractivity contribution is -0.108. The van der Waals surface area contributed by atoms with Crippen LogP contribution in [0.1, 0.15) is 13.8 Å². The molecule has 2 nitrogen and oxygen atoms in total. The van der Waals surface area contributed by atoms with E-state index in [9.17, 15) is 4.79 Å². The van der Waals surface area contributed by atoms with Crippen molar-refractivity contribution in [1.29, 1.82) is 0 Å². The molecule has 0 aromatic heterocycles. The summed E-state index contributed by atoms with van der Waals surface area (Å²) in [7, 11) is 0. The number of carbonyl (C=O) groups excluding carboxylic acids is 1. The fraction of sp³-hybridized carbons (Fsp3) is 0.250. The third-order valence-corrected chi connectivity index (χ3v) is 2.62. The third kappa shape index (κ3) is 2.69. The summed E-state index contributed by atoms with van der Waals surface area (Å²) in [5, 5.41) is 0.921. The van der Waals surface area contributed by atoms with Gasteiger partial charge < -0.3 is 0 Å². The van der Waals surface area contributed by atoms with Crippen LogP contribution in [0.2, 0.25) is 10.0 Å². The van der Waals surface area contributed by atoms with Crippen LogP contribution in [-0.2, 0) is 4.79 Å². The van der Waals surface area contributed by atoms with Gasteiger partial charge in [0, 0.05) is 15.7 Å². The first-order chi connectivity index (χ1) is 7.40. The first kappa shape index (κ1) is 12.9. The SMILES string of the molecule is C#CC(C)(C)N(C=O)c1cc(Cl)cc(Cl)c1. The summed E-state index contributed by atoms with van der Waals surface area (Å²) >= 11 is 11.7. The molecular formula is C12H11Cl2NO. The number of halogens is 2. The van der Waals surface area contributed by atoms with Crippen LogP contribution in [-0.4, -0.2) is 11.9 Å². The summed E-state index contributed by atoms with van der Waals surface area (Å²) in [4.78, 5) is 12.5. The molecule has 0 bridgehead atoms. The molecule has 0 aliphatic carbocycles. The van der Waals surface area contributed by atoms with Crippen LogP contribution in [0.5, 0.6) is 0 Å². The molecule has 1 amide bonds. The lowest BCUT2D eigenvalue weighted by atomic mass is 10.0. The van der Waals surface area contributed by atoms with Gasteiger partial charge in [-0.15, -0.1) is 6.42 Å². The van der Waals surface area contributed by atoms with Crippen LogP contribution >= 0.6 is 23.2 Å². The molecule has 1 aromatic rings. The third-order valence-electron chi connectivity index (χ3n) is 2.19. The van der Waals surface area contributed by atoms with Gasteiger partial charge in [-0.05, 0) is 32.0 Å². The topological polar surface area (TPSA) is 20.3 Å². The highest BCUT2D eigenvalue weighted by molar-refractivity contribution is 6.35. The number of hydrogen-bond acceptors (Lipinski definition) is 1. The van der Waals surface area contributed by atoms with Gasteiger partial charge in [0.15, 0.2) is 0 Å². The van der Waals surface area contributed by atoms with Crippen molar-refractivity contribution in [2.24, 2.45) is 0 Å². The monoisotopic (exact) mass is 255 g/mol. The van der Waals surface area contributed by atoms with Crippen molar-refractivity contribution in [3.8, 4) is 12.3 Å². The zero-order valence-corrected chi connectivity index (χ0v) is 10.5. The molecule has 0 heterocycles. The molecular weight excluding hydrogens is 245 g/mol. The molecule has 0 spiro atoms. The van der Waals surface area contributed by atoms with Crippen LogP contribution in [0, 0.1) is 12.3 Å². The van der Waals surface area contributed by atoms with Gasteiger partial charge in [0.1, 0.15) is 5.54 Å². The minimum Gasteiger partial charge on any atom is -0.298 e. The number of nitrogens with zero attached hydrogens (tertiary/aromatic N) is 1. The highest BCUT2D eigenvalue weighted by atomic mass is 35.5. The van der Waals surface area contributed by atoms with Gasteiger partial charge in [0.05, 0.1) is 0 Å². The lowest BCUT2D eigenvalue weighted by Gasteiger charge is -2.31. The molecule has 0 atom stereocenters. The molecule has 0 radical (unpaired) electrons. The Balaban J connectivity index is 3.25. The maximum absolute atomic E-state index is 11.1. The Morgan fingerprint density at radius 1 is 1.31 bits per heavy atom. The summed E-state index contributed by atoms with van der Waals surface area (Å²) in [5.74, 6) is 2.54. The maximum atomic E-state index is 11.1. The second kappa shape index (κ2) is 4.78. The van der Waals surface area contributed by atoms with Crippen LogP contribution < -0.4 is 4.90 Å². The maximum Gasteiger partial charge on any atom is 0.215 e. The zero-order valence-electron chi connectivity index (χ0n) is 9.00. The van der Waals surface area contributed by atoms with Crippen LogP contribution in [0.25, 0.3) is 0 Å². The summed E-state index contributed by atoms with van der Waals surface area (Å²) < 4.78 is 0.